The van der Waals surface area contributed by atoms with Gasteiger partial charge in [0, 0.05) is 23.9 Å². The molecule has 0 aliphatic carbocycles. The molecular formula is C16H18FNO2. The first-order valence-electron chi connectivity index (χ1n) is 6.52. The van der Waals surface area contributed by atoms with Gasteiger partial charge in [0.25, 0.3) is 0 Å². The first kappa shape index (κ1) is 14.2. The average Bonchev–Trinajstić information content (AvgIpc) is 2.48. The van der Waals surface area contributed by atoms with Crippen molar-refractivity contribution in [2.24, 2.45) is 0 Å². The molecule has 0 unspecified atom stereocenters. The fourth-order valence-corrected chi connectivity index (χ4v) is 1.89. The molecule has 20 heavy (non-hydrogen) atoms. The number of benzene rings is 2. The molecule has 0 radical (unpaired) electrons. The van der Waals surface area contributed by atoms with E-state index in [-0.39, 0.29) is 5.82 Å². The molecule has 1 N–H and O–H groups in total. The fourth-order valence-electron chi connectivity index (χ4n) is 1.89. The Morgan fingerprint density at radius 1 is 1.10 bits per heavy atom. The van der Waals surface area contributed by atoms with E-state index in [1.165, 1.54) is 6.07 Å². The van der Waals surface area contributed by atoms with Crippen molar-refractivity contribution in [2.45, 2.75) is 13.5 Å². The van der Waals surface area contributed by atoms with Crippen LogP contribution < -0.4 is 14.8 Å². The van der Waals surface area contributed by atoms with Gasteiger partial charge in [-0.25, -0.2) is 4.39 Å². The largest absolute Gasteiger partial charge is 0.493 e. The van der Waals surface area contributed by atoms with E-state index in [1.807, 2.05) is 31.2 Å². The quantitative estimate of drug-likeness (QED) is 0.868. The number of hydrogen-bond donors (Lipinski definition) is 1. The van der Waals surface area contributed by atoms with Crippen LogP contribution in [-0.4, -0.2) is 13.7 Å². The van der Waals surface area contributed by atoms with Gasteiger partial charge in [-0.1, -0.05) is 18.2 Å². The maximum atomic E-state index is 13.5. The zero-order valence-corrected chi connectivity index (χ0v) is 11.7. The molecule has 3 nitrogen and oxygen atoms in total. The van der Waals surface area contributed by atoms with E-state index in [2.05, 4.69) is 5.32 Å². The summed E-state index contributed by atoms with van der Waals surface area (Å²) in [6.07, 6.45) is 0. The molecule has 2 aromatic rings. The lowest BCUT2D eigenvalue weighted by atomic mass is 10.2. The summed E-state index contributed by atoms with van der Waals surface area (Å²) in [6, 6.07) is 12.3. The lowest BCUT2D eigenvalue weighted by molar-refractivity contribution is 0.311. The first-order valence-corrected chi connectivity index (χ1v) is 6.52. The van der Waals surface area contributed by atoms with Crippen molar-refractivity contribution >= 4 is 5.69 Å². The van der Waals surface area contributed by atoms with Crippen LogP contribution >= 0.6 is 0 Å². The molecule has 0 saturated carbocycles. The Balaban J connectivity index is 2.08. The highest BCUT2D eigenvalue weighted by Gasteiger charge is 2.06. The van der Waals surface area contributed by atoms with Crippen LogP contribution in [0.4, 0.5) is 10.1 Å². The maximum Gasteiger partial charge on any atom is 0.162 e. The molecule has 0 saturated heterocycles. The van der Waals surface area contributed by atoms with Crippen molar-refractivity contribution in [1.82, 2.24) is 0 Å². The van der Waals surface area contributed by atoms with Gasteiger partial charge in [0.15, 0.2) is 11.5 Å². The van der Waals surface area contributed by atoms with Gasteiger partial charge in [-0.2, -0.15) is 0 Å². The normalized spacial score (nSPS) is 10.2. The van der Waals surface area contributed by atoms with E-state index in [0.717, 1.165) is 5.69 Å². The Kier molecular flexibility index (Phi) is 4.82. The number of hydrogen-bond acceptors (Lipinski definition) is 3. The highest BCUT2D eigenvalue weighted by Crippen LogP contribution is 2.30. The molecule has 2 aromatic carbocycles. The van der Waals surface area contributed by atoms with Gasteiger partial charge in [-0.3, -0.25) is 0 Å². The van der Waals surface area contributed by atoms with Crippen LogP contribution in [0.1, 0.15) is 12.5 Å². The van der Waals surface area contributed by atoms with Crippen LogP contribution in [0.2, 0.25) is 0 Å². The highest BCUT2D eigenvalue weighted by atomic mass is 19.1. The minimum absolute atomic E-state index is 0.210. The molecule has 0 aliphatic rings. The molecule has 0 heterocycles. The monoisotopic (exact) mass is 275 g/mol. The van der Waals surface area contributed by atoms with Crippen LogP contribution in [0.3, 0.4) is 0 Å². The molecule has 0 atom stereocenters. The zero-order chi connectivity index (χ0) is 14.4. The second-order valence-electron chi connectivity index (χ2n) is 4.24. The molecule has 0 amide bonds. The van der Waals surface area contributed by atoms with Crippen molar-refractivity contribution in [3.8, 4) is 11.5 Å². The topological polar surface area (TPSA) is 30.5 Å². The lowest BCUT2D eigenvalue weighted by Gasteiger charge is -2.12. The van der Waals surface area contributed by atoms with E-state index in [0.29, 0.717) is 30.2 Å². The second-order valence-corrected chi connectivity index (χ2v) is 4.24. The van der Waals surface area contributed by atoms with E-state index in [4.69, 9.17) is 9.47 Å². The summed E-state index contributed by atoms with van der Waals surface area (Å²) in [5.41, 5.74) is 1.48. The van der Waals surface area contributed by atoms with Crippen LogP contribution in [0.15, 0.2) is 42.5 Å². The Bertz CT molecular complexity index is 572. The van der Waals surface area contributed by atoms with Gasteiger partial charge in [0.1, 0.15) is 5.82 Å². The predicted octanol–water partition coefficient (Wildman–Crippen LogP) is 3.85. The summed E-state index contributed by atoms with van der Waals surface area (Å²) in [7, 11) is 1.60. The Hall–Kier alpha value is -2.23. The highest BCUT2D eigenvalue weighted by molar-refractivity contribution is 5.55. The lowest BCUT2D eigenvalue weighted by Crippen LogP contribution is -2.02. The van der Waals surface area contributed by atoms with Crippen molar-refractivity contribution in [3.05, 3.63) is 53.8 Å². The predicted molar refractivity (Wildman–Crippen MR) is 77.9 cm³/mol. The van der Waals surface area contributed by atoms with Gasteiger partial charge in [0.05, 0.1) is 13.7 Å². The van der Waals surface area contributed by atoms with E-state index < -0.39 is 0 Å². The SMILES string of the molecule is CCOc1ccc(NCc2ccccc2F)cc1OC. The molecule has 0 bridgehead atoms. The van der Waals surface area contributed by atoms with E-state index in [1.54, 1.807) is 19.2 Å². The smallest absolute Gasteiger partial charge is 0.162 e. The van der Waals surface area contributed by atoms with E-state index >= 15 is 0 Å². The van der Waals surface area contributed by atoms with E-state index in [9.17, 15) is 4.39 Å². The number of anilines is 1. The number of nitrogens with one attached hydrogen (secondary N) is 1. The summed E-state index contributed by atoms with van der Waals surface area (Å²) in [5, 5.41) is 3.17. The van der Waals surface area contributed by atoms with Gasteiger partial charge in [-0.15, -0.1) is 0 Å². The van der Waals surface area contributed by atoms with Crippen LogP contribution in [0.5, 0.6) is 11.5 Å². The molecule has 0 fully saturated rings. The third kappa shape index (κ3) is 3.41. The van der Waals surface area contributed by atoms with Crippen molar-refractivity contribution < 1.29 is 13.9 Å². The van der Waals surface area contributed by atoms with Crippen LogP contribution in [-0.2, 0) is 6.54 Å². The maximum absolute atomic E-state index is 13.5. The molecule has 0 aliphatic heterocycles. The average molecular weight is 275 g/mol. The van der Waals surface area contributed by atoms with Crippen molar-refractivity contribution in [1.29, 1.82) is 0 Å². The van der Waals surface area contributed by atoms with Crippen LogP contribution in [0, 0.1) is 5.82 Å². The number of methoxy groups -OCH3 is 1. The molecule has 0 aromatic heterocycles. The van der Waals surface area contributed by atoms with Gasteiger partial charge in [0.2, 0.25) is 0 Å². The summed E-state index contributed by atoms with van der Waals surface area (Å²) in [6.45, 7) is 2.92. The molecule has 2 rings (SSSR count). The summed E-state index contributed by atoms with van der Waals surface area (Å²) < 4.78 is 24.2. The molecular weight excluding hydrogens is 257 g/mol. The molecule has 4 heteroatoms. The number of ether oxygens (including phenoxy) is 2. The Morgan fingerprint density at radius 3 is 2.60 bits per heavy atom. The standard InChI is InChI=1S/C16H18FNO2/c1-3-20-15-9-8-13(10-16(15)19-2)18-11-12-6-4-5-7-14(12)17/h4-10,18H,3,11H2,1-2H3. The third-order valence-corrected chi connectivity index (χ3v) is 2.90. The first-order chi connectivity index (χ1) is 9.74. The minimum Gasteiger partial charge on any atom is -0.493 e. The number of rotatable bonds is 6. The second kappa shape index (κ2) is 6.80. The van der Waals surface area contributed by atoms with Gasteiger partial charge < -0.3 is 14.8 Å². The minimum atomic E-state index is -0.210. The molecule has 0 spiro atoms. The Labute approximate surface area is 118 Å². The van der Waals surface area contributed by atoms with Crippen molar-refractivity contribution in [3.63, 3.8) is 0 Å². The summed E-state index contributed by atoms with van der Waals surface area (Å²) in [5.74, 6) is 1.15. The number of halogens is 1. The fraction of sp³-hybridized carbons (Fsp3) is 0.250. The molecule has 106 valence electrons. The van der Waals surface area contributed by atoms with Gasteiger partial charge >= 0.3 is 0 Å². The van der Waals surface area contributed by atoms with Crippen LogP contribution in [0.25, 0.3) is 0 Å². The van der Waals surface area contributed by atoms with Crippen molar-refractivity contribution in [2.75, 3.05) is 19.0 Å². The van der Waals surface area contributed by atoms with Gasteiger partial charge in [-0.05, 0) is 25.1 Å². The third-order valence-electron chi connectivity index (χ3n) is 2.90. The summed E-state index contributed by atoms with van der Waals surface area (Å²) >= 11 is 0. The Morgan fingerprint density at radius 2 is 1.90 bits per heavy atom. The summed E-state index contributed by atoms with van der Waals surface area (Å²) in [4.78, 5) is 0. The zero-order valence-electron chi connectivity index (χ0n) is 11.7.